The molecule has 0 aliphatic rings. The third kappa shape index (κ3) is 18.8. The normalized spacial score (nSPS) is 4.50. The summed E-state index contributed by atoms with van der Waals surface area (Å²) in [6.45, 7) is -1.75. The van der Waals surface area contributed by atoms with Crippen LogP contribution in [0.3, 0.4) is 0 Å². The van der Waals surface area contributed by atoms with E-state index >= 15 is 0 Å². The fourth-order valence-corrected chi connectivity index (χ4v) is 0. The van der Waals surface area contributed by atoms with Crippen molar-refractivity contribution in [2.24, 2.45) is 0 Å². The number of halogens is 3. The predicted octanol–water partition coefficient (Wildman–Crippen LogP) is 1.50. The Bertz CT molecular complexity index is 6.00. The Labute approximate surface area is 40.2 Å². The van der Waals surface area contributed by atoms with E-state index in [1.54, 1.807) is 0 Å². The molecule has 0 aromatic rings. The second-order valence-corrected chi connectivity index (χ2v) is 0.101. The van der Waals surface area contributed by atoms with Crippen molar-refractivity contribution in [1.82, 2.24) is 0 Å². The molecule has 0 bridgehead atoms. The molecule has 0 fully saturated rings. The molecule has 0 aromatic heterocycles. The molecule has 3 heteroatoms. The number of hydrogen-bond donors (Lipinski definition) is 0. The SMILES string of the molecule is FCF.I. The van der Waals surface area contributed by atoms with Crippen molar-refractivity contribution < 1.29 is 8.78 Å². The maximum Gasteiger partial charge on any atom is 0.229 e. The predicted molar refractivity (Wildman–Crippen MR) is 22.5 cm³/mol. The van der Waals surface area contributed by atoms with Crippen molar-refractivity contribution in [3.05, 3.63) is 0 Å². The molecule has 0 unspecified atom stereocenters. The summed E-state index contributed by atoms with van der Waals surface area (Å²) in [7, 11) is 0. The highest BCUT2D eigenvalue weighted by Gasteiger charge is 1.44. The second kappa shape index (κ2) is 9.53. The molecule has 0 heterocycles. The molecule has 0 nitrogen and oxygen atoms in total. The quantitative estimate of drug-likeness (QED) is 0.495. The first-order chi connectivity index (χ1) is 1.41. The summed E-state index contributed by atoms with van der Waals surface area (Å²) in [5.74, 6) is 0. The standard InChI is InChI=1S/CH2F2.HI/c2-1-3;/h1H2;1H. The molecule has 0 atom stereocenters. The van der Waals surface area contributed by atoms with Crippen LogP contribution in [0.4, 0.5) is 8.78 Å². The topological polar surface area (TPSA) is 0 Å². The fraction of sp³-hybridized carbons (Fsp3) is 1.00. The van der Waals surface area contributed by atoms with Gasteiger partial charge in [-0.3, -0.25) is 0 Å². The first-order valence-electron chi connectivity index (χ1n) is 0.535. The van der Waals surface area contributed by atoms with Crippen molar-refractivity contribution in [2.75, 3.05) is 6.93 Å². The van der Waals surface area contributed by atoms with Gasteiger partial charge in [0.05, 0.1) is 0 Å². The van der Waals surface area contributed by atoms with Gasteiger partial charge in [0.15, 0.2) is 0 Å². The van der Waals surface area contributed by atoms with E-state index in [1.807, 2.05) is 0 Å². The van der Waals surface area contributed by atoms with E-state index in [0.29, 0.717) is 0 Å². The average molecular weight is 180 g/mol. The minimum atomic E-state index is -1.75. The zero-order chi connectivity index (χ0) is 2.71. The zero-order valence-corrected chi connectivity index (χ0v) is 4.20. The van der Waals surface area contributed by atoms with Gasteiger partial charge in [0, 0.05) is 0 Å². The molecule has 4 heavy (non-hydrogen) atoms. The summed E-state index contributed by atoms with van der Waals surface area (Å²) < 4.78 is 19.2. The van der Waals surface area contributed by atoms with Crippen LogP contribution >= 0.6 is 24.0 Å². The molecule has 0 N–H and O–H groups in total. The fourth-order valence-electron chi connectivity index (χ4n) is 0. The maximum absolute atomic E-state index is 9.62. The second-order valence-electron chi connectivity index (χ2n) is 0.101. The molecule has 0 amide bonds. The lowest BCUT2D eigenvalue weighted by atomic mass is 11.7. The molecule has 28 valence electrons. The van der Waals surface area contributed by atoms with Gasteiger partial charge in [-0.05, 0) is 0 Å². The van der Waals surface area contributed by atoms with Gasteiger partial charge in [-0.15, -0.1) is 24.0 Å². The van der Waals surface area contributed by atoms with Gasteiger partial charge in [0.1, 0.15) is 0 Å². The largest absolute Gasteiger partial charge is 0.229 e. The van der Waals surface area contributed by atoms with E-state index in [-0.39, 0.29) is 24.0 Å². The average Bonchev–Trinajstić information content (AvgIpc) is 0.918. The Morgan fingerprint density at radius 3 is 1.25 bits per heavy atom. The van der Waals surface area contributed by atoms with E-state index in [2.05, 4.69) is 0 Å². The Morgan fingerprint density at radius 1 is 1.25 bits per heavy atom. The lowest BCUT2D eigenvalue weighted by Gasteiger charge is -1.42. The van der Waals surface area contributed by atoms with Crippen LogP contribution in [-0.2, 0) is 0 Å². The van der Waals surface area contributed by atoms with Gasteiger partial charge in [-0.25, -0.2) is 8.78 Å². The van der Waals surface area contributed by atoms with Crippen LogP contribution in [0.25, 0.3) is 0 Å². The molecule has 0 aliphatic heterocycles. The van der Waals surface area contributed by atoms with Crippen LogP contribution in [0.15, 0.2) is 0 Å². The molecule has 0 rings (SSSR count). The van der Waals surface area contributed by atoms with Crippen LogP contribution in [0.1, 0.15) is 0 Å². The van der Waals surface area contributed by atoms with Gasteiger partial charge in [-0.2, -0.15) is 0 Å². The smallest absolute Gasteiger partial charge is 0.214 e. The minimum Gasteiger partial charge on any atom is -0.214 e. The first-order valence-corrected chi connectivity index (χ1v) is 0.535. The monoisotopic (exact) mass is 180 g/mol. The van der Waals surface area contributed by atoms with E-state index in [0.717, 1.165) is 0 Å². The highest BCUT2D eigenvalue weighted by atomic mass is 127. The Balaban J connectivity index is 0. The molecular formula is CH3F2I. The summed E-state index contributed by atoms with van der Waals surface area (Å²) in [5.41, 5.74) is 0. The first kappa shape index (κ1) is 8.82. The van der Waals surface area contributed by atoms with Gasteiger partial charge in [0.2, 0.25) is 6.93 Å². The van der Waals surface area contributed by atoms with E-state index in [1.165, 1.54) is 0 Å². The molecule has 0 spiro atoms. The van der Waals surface area contributed by atoms with Crippen LogP contribution in [0.5, 0.6) is 0 Å². The molecular weight excluding hydrogens is 177 g/mol. The van der Waals surface area contributed by atoms with Crippen LogP contribution in [0.2, 0.25) is 0 Å². The lowest BCUT2D eigenvalue weighted by Crippen LogP contribution is -1.34. The summed E-state index contributed by atoms with van der Waals surface area (Å²) >= 11 is 0. The minimum absolute atomic E-state index is 0. The van der Waals surface area contributed by atoms with Crippen molar-refractivity contribution in [3.8, 4) is 0 Å². The van der Waals surface area contributed by atoms with E-state index in [9.17, 15) is 8.78 Å². The van der Waals surface area contributed by atoms with Gasteiger partial charge < -0.3 is 0 Å². The molecule has 0 radical (unpaired) electrons. The molecule has 0 saturated heterocycles. The summed E-state index contributed by atoms with van der Waals surface area (Å²) in [5, 5.41) is 0. The zero-order valence-electron chi connectivity index (χ0n) is 1.87. The van der Waals surface area contributed by atoms with Gasteiger partial charge in [-0.1, -0.05) is 0 Å². The number of hydrogen-bond acceptors (Lipinski definition) is 0. The highest BCUT2D eigenvalue weighted by molar-refractivity contribution is 14.0. The van der Waals surface area contributed by atoms with Crippen molar-refractivity contribution >= 4 is 24.0 Å². The Kier molecular flexibility index (Phi) is 21.0. The van der Waals surface area contributed by atoms with Crippen molar-refractivity contribution in [3.63, 3.8) is 0 Å². The summed E-state index contributed by atoms with van der Waals surface area (Å²) in [6, 6.07) is 0. The van der Waals surface area contributed by atoms with E-state index in [4.69, 9.17) is 0 Å². The van der Waals surface area contributed by atoms with Crippen LogP contribution in [0, 0.1) is 0 Å². The summed E-state index contributed by atoms with van der Waals surface area (Å²) in [6.07, 6.45) is 0. The van der Waals surface area contributed by atoms with E-state index < -0.39 is 6.93 Å². The molecule has 0 saturated carbocycles. The number of alkyl halides is 2. The third-order valence-corrected chi connectivity index (χ3v) is 0. The van der Waals surface area contributed by atoms with Gasteiger partial charge >= 0.3 is 0 Å². The number of rotatable bonds is 0. The Hall–Kier alpha value is 0.590. The van der Waals surface area contributed by atoms with Crippen LogP contribution < -0.4 is 0 Å². The van der Waals surface area contributed by atoms with Crippen LogP contribution in [-0.4, -0.2) is 6.93 Å². The third-order valence-electron chi connectivity index (χ3n) is 0. The maximum atomic E-state index is 9.62. The lowest BCUT2D eigenvalue weighted by molar-refractivity contribution is 0.295. The highest BCUT2D eigenvalue weighted by Crippen LogP contribution is 1.56. The molecule has 0 aromatic carbocycles. The molecule has 0 aliphatic carbocycles. The summed E-state index contributed by atoms with van der Waals surface area (Å²) in [4.78, 5) is 0. The van der Waals surface area contributed by atoms with Crippen molar-refractivity contribution in [2.45, 2.75) is 0 Å². The van der Waals surface area contributed by atoms with Crippen molar-refractivity contribution in [1.29, 1.82) is 0 Å². The van der Waals surface area contributed by atoms with Gasteiger partial charge in [0.25, 0.3) is 0 Å². The Morgan fingerprint density at radius 2 is 1.25 bits per heavy atom.